The molecule has 4 unspecified atom stereocenters. The lowest BCUT2D eigenvalue weighted by Crippen LogP contribution is -2.19. The fraction of sp³-hybridized carbons (Fsp3) is 0.500. The van der Waals surface area contributed by atoms with Crippen molar-refractivity contribution in [3.05, 3.63) is 29.6 Å². The molecule has 2 N–H and O–H groups in total. The molecule has 1 amide bonds. The number of carboxylic acids is 1. The van der Waals surface area contributed by atoms with E-state index in [0.29, 0.717) is 23.7 Å². The summed E-state index contributed by atoms with van der Waals surface area (Å²) >= 11 is 0. The quantitative estimate of drug-likeness (QED) is 0.899. The highest BCUT2D eigenvalue weighted by molar-refractivity contribution is 5.97. The van der Waals surface area contributed by atoms with Gasteiger partial charge in [0.1, 0.15) is 5.82 Å². The summed E-state index contributed by atoms with van der Waals surface area (Å²) in [5, 5.41) is 11.5. The number of anilines is 1. The van der Waals surface area contributed by atoms with Gasteiger partial charge in [0.25, 0.3) is 0 Å². The Morgan fingerprint density at radius 2 is 1.86 bits per heavy atom. The first-order valence-corrected chi connectivity index (χ1v) is 7.40. The van der Waals surface area contributed by atoms with Crippen LogP contribution in [-0.4, -0.2) is 17.0 Å². The molecule has 4 rings (SSSR count). The molecule has 3 aliphatic carbocycles. The van der Waals surface area contributed by atoms with Crippen molar-refractivity contribution in [1.82, 2.24) is 0 Å². The predicted octanol–water partition coefficient (Wildman–Crippen LogP) is 2.75. The summed E-state index contributed by atoms with van der Waals surface area (Å²) in [5.41, 5.74) is -0.0556. The number of benzene rings is 1. The minimum atomic E-state index is -1.13. The van der Waals surface area contributed by atoms with Crippen molar-refractivity contribution < 1.29 is 19.1 Å². The number of hydrogen-bond donors (Lipinski definition) is 2. The molecule has 21 heavy (non-hydrogen) atoms. The molecule has 2 bridgehead atoms. The molecule has 0 heterocycles. The number of carboxylic acid groups (broad SMARTS) is 1. The van der Waals surface area contributed by atoms with Gasteiger partial charge in [0.05, 0.1) is 11.3 Å². The molecule has 0 spiro atoms. The number of carbonyl (C=O) groups excluding carboxylic acids is 1. The Hall–Kier alpha value is -1.91. The van der Waals surface area contributed by atoms with Gasteiger partial charge in [0.15, 0.2) is 0 Å². The van der Waals surface area contributed by atoms with Crippen LogP contribution in [-0.2, 0) is 4.79 Å². The molecule has 1 aromatic rings. The first kappa shape index (κ1) is 12.8. The van der Waals surface area contributed by atoms with Gasteiger partial charge in [-0.15, -0.1) is 0 Å². The zero-order valence-corrected chi connectivity index (χ0v) is 11.4. The van der Waals surface area contributed by atoms with Crippen LogP contribution in [0.5, 0.6) is 0 Å². The highest BCUT2D eigenvalue weighted by Gasteiger charge is 2.67. The Labute approximate surface area is 121 Å². The van der Waals surface area contributed by atoms with Crippen molar-refractivity contribution in [2.75, 3.05) is 5.32 Å². The van der Waals surface area contributed by atoms with E-state index < -0.39 is 11.8 Å². The summed E-state index contributed by atoms with van der Waals surface area (Å²) in [6.07, 6.45) is 3.69. The van der Waals surface area contributed by atoms with Crippen molar-refractivity contribution in [3.63, 3.8) is 0 Å². The van der Waals surface area contributed by atoms with Crippen LogP contribution in [0.15, 0.2) is 18.2 Å². The minimum absolute atomic E-state index is 0.00383. The molecule has 4 atom stereocenters. The predicted molar refractivity (Wildman–Crippen MR) is 73.3 cm³/mol. The molecule has 0 radical (unpaired) electrons. The van der Waals surface area contributed by atoms with Crippen LogP contribution >= 0.6 is 0 Å². The fourth-order valence-electron chi connectivity index (χ4n) is 4.65. The molecule has 0 aliphatic heterocycles. The van der Waals surface area contributed by atoms with Crippen molar-refractivity contribution in [1.29, 1.82) is 0 Å². The third kappa shape index (κ3) is 1.87. The second kappa shape index (κ2) is 4.29. The topological polar surface area (TPSA) is 66.4 Å². The Morgan fingerprint density at radius 3 is 2.48 bits per heavy atom. The van der Waals surface area contributed by atoms with Crippen molar-refractivity contribution in [2.45, 2.75) is 19.3 Å². The molecule has 0 aromatic heterocycles. The normalized spacial score (nSPS) is 35.4. The summed E-state index contributed by atoms with van der Waals surface area (Å²) < 4.78 is 13.7. The lowest BCUT2D eigenvalue weighted by atomic mass is 10.0. The highest BCUT2D eigenvalue weighted by Crippen LogP contribution is 2.69. The number of nitrogens with one attached hydrogen (secondary N) is 1. The minimum Gasteiger partial charge on any atom is -0.478 e. The third-order valence-corrected chi connectivity index (χ3v) is 5.51. The summed E-state index contributed by atoms with van der Waals surface area (Å²) in [7, 11) is 0. The van der Waals surface area contributed by atoms with E-state index in [1.165, 1.54) is 31.4 Å². The van der Waals surface area contributed by atoms with Crippen molar-refractivity contribution in [2.24, 2.45) is 29.6 Å². The SMILES string of the molecule is O=C(O)c1ccc(F)c(NC(=O)C2C3C4CCC(C4)C23)c1. The van der Waals surface area contributed by atoms with Crippen LogP contribution in [0.1, 0.15) is 29.6 Å². The van der Waals surface area contributed by atoms with E-state index >= 15 is 0 Å². The van der Waals surface area contributed by atoms with Crippen LogP contribution in [0, 0.1) is 35.4 Å². The van der Waals surface area contributed by atoms with Gasteiger partial charge in [-0.2, -0.15) is 0 Å². The van der Waals surface area contributed by atoms with E-state index in [1.54, 1.807) is 0 Å². The van der Waals surface area contributed by atoms with E-state index in [-0.39, 0.29) is 23.1 Å². The summed E-state index contributed by atoms with van der Waals surface area (Å²) in [4.78, 5) is 23.2. The van der Waals surface area contributed by atoms with Gasteiger partial charge in [0.2, 0.25) is 5.91 Å². The van der Waals surface area contributed by atoms with E-state index in [1.807, 2.05) is 0 Å². The van der Waals surface area contributed by atoms with Gasteiger partial charge < -0.3 is 10.4 Å². The number of fused-ring (bicyclic) bond motifs is 5. The Balaban J connectivity index is 1.51. The molecule has 1 aromatic carbocycles. The van der Waals surface area contributed by atoms with E-state index in [2.05, 4.69) is 5.32 Å². The highest BCUT2D eigenvalue weighted by atomic mass is 19.1. The molecule has 5 heteroatoms. The van der Waals surface area contributed by atoms with Crippen LogP contribution in [0.25, 0.3) is 0 Å². The first-order chi connectivity index (χ1) is 10.1. The average molecular weight is 289 g/mol. The number of amides is 1. The van der Waals surface area contributed by atoms with Gasteiger partial charge in [-0.25, -0.2) is 9.18 Å². The number of rotatable bonds is 3. The van der Waals surface area contributed by atoms with Crippen LogP contribution in [0.4, 0.5) is 10.1 Å². The smallest absolute Gasteiger partial charge is 0.335 e. The largest absolute Gasteiger partial charge is 0.478 e. The van der Waals surface area contributed by atoms with Gasteiger partial charge >= 0.3 is 5.97 Å². The summed E-state index contributed by atoms with van der Waals surface area (Å²) in [6.45, 7) is 0. The maximum atomic E-state index is 13.7. The molecular weight excluding hydrogens is 273 g/mol. The zero-order chi connectivity index (χ0) is 14.7. The average Bonchev–Trinajstić information content (AvgIpc) is 2.90. The molecular formula is C16H16FNO3. The summed E-state index contributed by atoms with van der Waals surface area (Å²) in [5.74, 6) is 0.432. The number of carbonyl (C=O) groups is 2. The maximum absolute atomic E-state index is 13.7. The molecule has 3 aliphatic rings. The van der Waals surface area contributed by atoms with E-state index in [4.69, 9.17) is 5.11 Å². The van der Waals surface area contributed by atoms with Crippen molar-refractivity contribution in [3.8, 4) is 0 Å². The zero-order valence-electron chi connectivity index (χ0n) is 11.4. The van der Waals surface area contributed by atoms with E-state index in [0.717, 1.165) is 6.07 Å². The lowest BCUT2D eigenvalue weighted by Gasteiger charge is -2.10. The van der Waals surface area contributed by atoms with Gasteiger partial charge in [-0.1, -0.05) is 0 Å². The summed E-state index contributed by atoms with van der Waals surface area (Å²) in [6, 6.07) is 3.46. The standard InChI is InChI=1S/C16H16FNO3/c17-10-4-3-9(16(20)21)6-11(10)18-15(19)14-12-7-1-2-8(5-7)13(12)14/h3-4,6-8,12-14H,1-2,5H2,(H,18,19)(H,20,21). The van der Waals surface area contributed by atoms with Gasteiger partial charge in [0, 0.05) is 5.92 Å². The number of halogens is 1. The van der Waals surface area contributed by atoms with Crippen LogP contribution < -0.4 is 5.32 Å². The molecule has 0 saturated heterocycles. The first-order valence-electron chi connectivity index (χ1n) is 7.40. The van der Waals surface area contributed by atoms with Crippen molar-refractivity contribution >= 4 is 17.6 Å². The Bertz CT molecular complexity index is 628. The molecule has 3 saturated carbocycles. The lowest BCUT2D eigenvalue weighted by molar-refractivity contribution is -0.118. The molecule has 110 valence electrons. The Morgan fingerprint density at radius 1 is 1.19 bits per heavy atom. The second-order valence-electron chi connectivity index (χ2n) is 6.50. The fourth-order valence-corrected chi connectivity index (χ4v) is 4.65. The van der Waals surface area contributed by atoms with E-state index in [9.17, 15) is 14.0 Å². The van der Waals surface area contributed by atoms with Gasteiger partial charge in [-0.05, 0) is 61.1 Å². The maximum Gasteiger partial charge on any atom is 0.335 e. The van der Waals surface area contributed by atoms with Gasteiger partial charge in [-0.3, -0.25) is 4.79 Å². The monoisotopic (exact) mass is 289 g/mol. The van der Waals surface area contributed by atoms with Crippen LogP contribution in [0.3, 0.4) is 0 Å². The second-order valence-corrected chi connectivity index (χ2v) is 6.50. The molecule has 3 fully saturated rings. The third-order valence-electron chi connectivity index (χ3n) is 5.51. The molecule has 4 nitrogen and oxygen atoms in total. The Kier molecular flexibility index (Phi) is 2.62. The number of hydrogen-bond acceptors (Lipinski definition) is 2. The van der Waals surface area contributed by atoms with Crippen LogP contribution in [0.2, 0.25) is 0 Å². The number of aromatic carboxylic acids is 1.